The minimum absolute atomic E-state index is 0.0995. The molecule has 1 aromatic heterocycles. The number of anilines is 1. The standard InChI is InChI=1S/C32H30FN3O6S2/c1-4-5-16-42-23-13-8-20(9-14-23)28(37)26-27(21-10-15-24(40-2)25(17-21)41-3)36(30(39)29(26)38)31-34-35-32(44-31)43-18-19-6-11-22(33)12-7-19/h6-15,17,27,37H,4-5,16,18H2,1-3H3/t27-/m1/s1. The van der Waals surface area contributed by atoms with Crippen LogP contribution >= 0.6 is 23.1 Å². The van der Waals surface area contributed by atoms with Crippen molar-refractivity contribution in [2.24, 2.45) is 0 Å². The predicted octanol–water partition coefficient (Wildman–Crippen LogP) is 6.79. The van der Waals surface area contributed by atoms with Gasteiger partial charge in [0.05, 0.1) is 32.4 Å². The highest BCUT2D eigenvalue weighted by molar-refractivity contribution is 8.00. The van der Waals surface area contributed by atoms with Gasteiger partial charge < -0.3 is 19.3 Å². The molecule has 0 radical (unpaired) electrons. The van der Waals surface area contributed by atoms with Gasteiger partial charge >= 0.3 is 5.91 Å². The number of methoxy groups -OCH3 is 2. The lowest BCUT2D eigenvalue weighted by molar-refractivity contribution is -0.132. The summed E-state index contributed by atoms with van der Waals surface area (Å²) in [5, 5.41) is 20.1. The van der Waals surface area contributed by atoms with Gasteiger partial charge in [-0.15, -0.1) is 10.2 Å². The maximum Gasteiger partial charge on any atom is 0.301 e. The lowest BCUT2D eigenvalue weighted by atomic mass is 9.95. The van der Waals surface area contributed by atoms with E-state index < -0.39 is 17.7 Å². The maximum absolute atomic E-state index is 13.6. The monoisotopic (exact) mass is 635 g/mol. The van der Waals surface area contributed by atoms with Crippen LogP contribution in [0.15, 0.2) is 76.6 Å². The van der Waals surface area contributed by atoms with E-state index in [1.807, 2.05) is 0 Å². The summed E-state index contributed by atoms with van der Waals surface area (Å²) in [6.07, 6.45) is 1.91. The van der Waals surface area contributed by atoms with Crippen LogP contribution in [0.1, 0.15) is 42.5 Å². The van der Waals surface area contributed by atoms with E-state index in [0.717, 1.165) is 29.7 Å². The highest BCUT2D eigenvalue weighted by Crippen LogP contribution is 2.45. The van der Waals surface area contributed by atoms with Crippen molar-refractivity contribution in [3.05, 3.63) is 94.8 Å². The van der Waals surface area contributed by atoms with Crippen molar-refractivity contribution in [2.45, 2.75) is 35.9 Å². The maximum atomic E-state index is 13.6. The van der Waals surface area contributed by atoms with E-state index in [9.17, 15) is 19.1 Å². The molecule has 9 nitrogen and oxygen atoms in total. The van der Waals surface area contributed by atoms with Crippen LogP contribution in [0.5, 0.6) is 17.2 Å². The number of ether oxygens (including phenoxy) is 3. The van der Waals surface area contributed by atoms with Gasteiger partial charge in [0.25, 0.3) is 5.78 Å². The molecule has 0 saturated carbocycles. The van der Waals surface area contributed by atoms with Crippen LogP contribution in [0.2, 0.25) is 0 Å². The normalized spacial score (nSPS) is 15.9. The van der Waals surface area contributed by atoms with Gasteiger partial charge in [-0.25, -0.2) is 4.39 Å². The second-order valence-corrected chi connectivity index (χ2v) is 12.0. The van der Waals surface area contributed by atoms with E-state index in [1.165, 1.54) is 43.0 Å². The third-order valence-electron chi connectivity index (χ3n) is 6.94. The number of halogens is 1. The highest BCUT2D eigenvalue weighted by atomic mass is 32.2. The van der Waals surface area contributed by atoms with E-state index in [1.54, 1.807) is 54.6 Å². The van der Waals surface area contributed by atoms with Gasteiger partial charge in [0.15, 0.2) is 15.8 Å². The molecule has 1 amide bonds. The quantitative estimate of drug-likeness (QED) is 0.0449. The van der Waals surface area contributed by atoms with Gasteiger partial charge in [-0.2, -0.15) is 0 Å². The molecule has 1 N–H and O–H groups in total. The lowest BCUT2D eigenvalue weighted by Crippen LogP contribution is -2.29. The smallest absolute Gasteiger partial charge is 0.301 e. The molecule has 1 aliphatic heterocycles. The number of Topliss-reactive ketones (excluding diaryl/α,β-unsaturated/α-hetero) is 1. The van der Waals surface area contributed by atoms with Gasteiger partial charge in [-0.05, 0) is 66.1 Å². The molecule has 0 unspecified atom stereocenters. The number of ketones is 1. The number of rotatable bonds is 12. The summed E-state index contributed by atoms with van der Waals surface area (Å²) >= 11 is 2.51. The first-order chi connectivity index (χ1) is 21.3. The molecule has 3 aromatic carbocycles. The number of hydrogen-bond acceptors (Lipinski definition) is 10. The molecule has 0 aliphatic carbocycles. The number of unbranched alkanes of at least 4 members (excludes halogenated alkanes) is 1. The Bertz CT molecular complexity index is 1670. The lowest BCUT2D eigenvalue weighted by Gasteiger charge is -2.23. The Kier molecular flexibility index (Phi) is 9.81. The molecule has 1 atom stereocenters. The number of aromatic nitrogens is 2. The molecule has 228 valence electrons. The fourth-order valence-corrected chi connectivity index (χ4v) is 6.47. The van der Waals surface area contributed by atoms with Crippen molar-refractivity contribution in [1.82, 2.24) is 10.2 Å². The molecule has 2 heterocycles. The van der Waals surface area contributed by atoms with Crippen LogP contribution in [0, 0.1) is 5.82 Å². The van der Waals surface area contributed by atoms with Gasteiger partial charge in [0, 0.05) is 11.3 Å². The van der Waals surface area contributed by atoms with Gasteiger partial charge in [-0.3, -0.25) is 14.5 Å². The van der Waals surface area contributed by atoms with Crippen molar-refractivity contribution < 1.29 is 33.3 Å². The van der Waals surface area contributed by atoms with Crippen molar-refractivity contribution in [3.8, 4) is 17.2 Å². The topological polar surface area (TPSA) is 111 Å². The summed E-state index contributed by atoms with van der Waals surface area (Å²) in [6.45, 7) is 2.64. The summed E-state index contributed by atoms with van der Waals surface area (Å²) in [7, 11) is 2.99. The predicted molar refractivity (Wildman–Crippen MR) is 167 cm³/mol. The average molecular weight is 636 g/mol. The molecule has 1 fully saturated rings. The number of carbonyl (C=O) groups is 2. The zero-order valence-corrected chi connectivity index (χ0v) is 25.9. The van der Waals surface area contributed by atoms with E-state index >= 15 is 0 Å². The minimum atomic E-state index is -1.03. The molecule has 5 rings (SSSR count). The molecule has 4 aromatic rings. The van der Waals surface area contributed by atoms with E-state index in [-0.39, 0.29) is 22.3 Å². The summed E-state index contributed by atoms with van der Waals surface area (Å²) in [4.78, 5) is 28.4. The summed E-state index contributed by atoms with van der Waals surface area (Å²) < 4.78 is 30.5. The number of amides is 1. The SMILES string of the molecule is CCCCOc1ccc(C(O)=C2C(=O)C(=O)N(c3nnc(SCc4ccc(F)cc4)s3)[C@@H]2c2ccc(OC)c(OC)c2)cc1. The number of thioether (sulfide) groups is 1. The van der Waals surface area contributed by atoms with Crippen molar-refractivity contribution in [1.29, 1.82) is 0 Å². The first-order valence-electron chi connectivity index (χ1n) is 13.8. The number of nitrogens with zero attached hydrogens (tertiary/aromatic N) is 3. The number of carbonyl (C=O) groups excluding carboxylic acids is 2. The van der Waals surface area contributed by atoms with Crippen LogP contribution < -0.4 is 19.1 Å². The van der Waals surface area contributed by atoms with Gasteiger partial charge in [-0.1, -0.05) is 54.6 Å². The van der Waals surface area contributed by atoms with Crippen molar-refractivity contribution in [2.75, 3.05) is 25.7 Å². The molecule has 0 spiro atoms. The van der Waals surface area contributed by atoms with Crippen molar-refractivity contribution >= 4 is 45.7 Å². The molecular weight excluding hydrogens is 605 g/mol. The summed E-state index contributed by atoms with van der Waals surface area (Å²) in [5.41, 5.74) is 1.64. The second kappa shape index (κ2) is 13.9. The Morgan fingerprint density at radius 3 is 2.41 bits per heavy atom. The molecule has 1 saturated heterocycles. The first kappa shape index (κ1) is 31.0. The number of aliphatic hydroxyl groups is 1. The summed E-state index contributed by atoms with van der Waals surface area (Å²) in [5.74, 6) is -0.380. The van der Waals surface area contributed by atoms with Gasteiger partial charge in [0.2, 0.25) is 5.13 Å². The largest absolute Gasteiger partial charge is 0.507 e. The first-order valence-corrected chi connectivity index (χ1v) is 15.6. The van der Waals surface area contributed by atoms with E-state index in [0.29, 0.717) is 45.1 Å². The molecule has 0 bridgehead atoms. The van der Waals surface area contributed by atoms with Crippen LogP contribution in [0.25, 0.3) is 5.76 Å². The van der Waals surface area contributed by atoms with E-state index in [4.69, 9.17) is 14.2 Å². The molecule has 12 heteroatoms. The summed E-state index contributed by atoms with van der Waals surface area (Å²) in [6, 6.07) is 16.8. The van der Waals surface area contributed by atoms with Gasteiger partial charge in [0.1, 0.15) is 17.3 Å². The fraction of sp³-hybridized carbons (Fsp3) is 0.250. The Hall–Kier alpha value is -4.42. The zero-order valence-electron chi connectivity index (χ0n) is 24.3. The number of benzene rings is 3. The minimum Gasteiger partial charge on any atom is -0.507 e. The zero-order chi connectivity index (χ0) is 31.2. The van der Waals surface area contributed by atoms with Crippen LogP contribution in [-0.2, 0) is 15.3 Å². The Morgan fingerprint density at radius 2 is 1.73 bits per heavy atom. The second-order valence-electron chi connectivity index (χ2n) is 9.78. The van der Waals surface area contributed by atoms with Crippen LogP contribution in [-0.4, -0.2) is 47.8 Å². The Labute approximate surface area is 262 Å². The third kappa shape index (κ3) is 6.56. The molecular formula is C32H30FN3O6S2. The van der Waals surface area contributed by atoms with Crippen LogP contribution in [0.3, 0.4) is 0 Å². The van der Waals surface area contributed by atoms with E-state index in [2.05, 4.69) is 17.1 Å². The third-order valence-corrected chi connectivity index (χ3v) is 9.07. The average Bonchev–Trinajstić information content (AvgIpc) is 3.62. The molecule has 44 heavy (non-hydrogen) atoms. The number of aliphatic hydroxyl groups excluding tert-OH is 1. The molecule has 1 aliphatic rings. The van der Waals surface area contributed by atoms with Crippen LogP contribution in [0.4, 0.5) is 9.52 Å². The Balaban J connectivity index is 1.53. The number of hydrogen-bond donors (Lipinski definition) is 1. The fourth-order valence-electron chi connectivity index (χ4n) is 4.65. The van der Waals surface area contributed by atoms with Crippen molar-refractivity contribution in [3.63, 3.8) is 0 Å². The Morgan fingerprint density at radius 1 is 1.00 bits per heavy atom. The highest BCUT2D eigenvalue weighted by Gasteiger charge is 2.48.